The average Bonchev–Trinajstić information content (AvgIpc) is 2.95. The molecule has 0 saturated heterocycles. The Bertz CT molecular complexity index is 1130. The predicted octanol–water partition coefficient (Wildman–Crippen LogP) is 8.71. The van der Waals surface area contributed by atoms with Crippen LogP contribution in [0.4, 0.5) is 8.78 Å². The van der Waals surface area contributed by atoms with Crippen molar-refractivity contribution in [3.05, 3.63) is 60.9 Å². The first kappa shape index (κ1) is 30.2. The molecule has 0 fully saturated rings. The average molecular weight is 539 g/mol. The van der Waals surface area contributed by atoms with Crippen molar-refractivity contribution >= 4 is 5.97 Å². The number of hydrogen-bond acceptors (Lipinski definition) is 5. The van der Waals surface area contributed by atoms with Crippen molar-refractivity contribution in [1.29, 1.82) is 0 Å². The number of benzene rings is 2. The van der Waals surface area contributed by atoms with Crippen molar-refractivity contribution in [3.63, 3.8) is 0 Å². The van der Waals surface area contributed by atoms with Gasteiger partial charge < -0.3 is 9.47 Å². The minimum Gasteiger partial charge on any atom is -0.491 e. The van der Waals surface area contributed by atoms with E-state index in [1.807, 2.05) is 19.1 Å². The molecule has 5 nitrogen and oxygen atoms in total. The van der Waals surface area contributed by atoms with Gasteiger partial charge in [-0.15, -0.1) is 0 Å². The van der Waals surface area contributed by atoms with Gasteiger partial charge in [-0.2, -0.15) is 0 Å². The minimum absolute atomic E-state index is 0.0504. The molecule has 0 unspecified atom stereocenters. The number of nitrogens with zero attached hydrogens (tertiary/aromatic N) is 2. The van der Waals surface area contributed by atoms with Gasteiger partial charge in [0.05, 0.1) is 0 Å². The van der Waals surface area contributed by atoms with E-state index in [9.17, 15) is 13.6 Å². The van der Waals surface area contributed by atoms with E-state index in [1.165, 1.54) is 6.92 Å². The largest absolute Gasteiger partial charge is 0.491 e. The zero-order valence-corrected chi connectivity index (χ0v) is 23.3. The highest BCUT2D eigenvalue weighted by atomic mass is 19.1. The third kappa shape index (κ3) is 9.72. The van der Waals surface area contributed by atoms with E-state index >= 15 is 0 Å². The second kappa shape index (κ2) is 15.3. The number of carbonyl (C=O) groups is 1. The molecule has 210 valence electrons. The molecule has 0 amide bonds. The summed E-state index contributed by atoms with van der Waals surface area (Å²) >= 11 is 0. The number of esters is 1. The summed E-state index contributed by atoms with van der Waals surface area (Å²) in [5.74, 6) is 0.591. The van der Waals surface area contributed by atoms with Crippen LogP contribution in [0.25, 0.3) is 22.5 Å². The molecule has 0 aliphatic carbocycles. The van der Waals surface area contributed by atoms with Crippen molar-refractivity contribution in [3.8, 4) is 34.0 Å². The first-order chi connectivity index (χ1) is 18.8. The van der Waals surface area contributed by atoms with Crippen molar-refractivity contribution in [2.24, 2.45) is 0 Å². The molecule has 1 heterocycles. The SMILES string of the molecule is CCCCCCC[C@](C)(F)C(=O)Oc1ccc(-c2cnc(-c3ccc(OC[C@@H](F)CCCC)cc3)nc2)cc1. The van der Waals surface area contributed by atoms with E-state index in [2.05, 4.69) is 16.9 Å². The van der Waals surface area contributed by atoms with Gasteiger partial charge in [0.15, 0.2) is 5.82 Å². The molecule has 0 spiro atoms. The van der Waals surface area contributed by atoms with Crippen LogP contribution in [-0.2, 0) is 4.79 Å². The van der Waals surface area contributed by atoms with Crippen LogP contribution in [-0.4, -0.2) is 34.4 Å². The molecule has 3 rings (SSSR count). The Labute approximate surface area is 231 Å². The van der Waals surface area contributed by atoms with E-state index < -0.39 is 17.8 Å². The molecule has 0 saturated carbocycles. The third-order valence-electron chi connectivity index (χ3n) is 6.64. The standard InChI is InChI=1S/C32H40F2N2O3/c1-4-6-8-9-10-20-32(3,34)31(37)39-29-18-12-24(13-19-29)26-21-35-30(36-22-26)25-14-16-28(17-15-25)38-23-27(33)11-7-5-2/h12-19,21-22,27H,4-11,20,23H2,1-3H3/t27-,32-/m0/s1. The number of alkyl halides is 2. The second-order valence-corrected chi connectivity index (χ2v) is 10.1. The highest BCUT2D eigenvalue weighted by Gasteiger charge is 2.34. The van der Waals surface area contributed by atoms with Crippen LogP contribution < -0.4 is 9.47 Å². The van der Waals surface area contributed by atoms with Gasteiger partial charge in [0.1, 0.15) is 24.3 Å². The number of unbranched alkanes of at least 4 members (excludes halogenated alkanes) is 5. The Morgan fingerprint density at radius 3 is 2.05 bits per heavy atom. The monoisotopic (exact) mass is 538 g/mol. The zero-order valence-electron chi connectivity index (χ0n) is 23.3. The molecule has 3 aromatic rings. The van der Waals surface area contributed by atoms with E-state index in [0.717, 1.165) is 55.2 Å². The second-order valence-electron chi connectivity index (χ2n) is 10.1. The quantitative estimate of drug-likeness (QED) is 0.104. The maximum absolute atomic E-state index is 14.8. The summed E-state index contributed by atoms with van der Waals surface area (Å²) in [6.45, 7) is 5.50. The van der Waals surface area contributed by atoms with Crippen molar-refractivity contribution in [2.75, 3.05) is 6.61 Å². The normalized spacial score (nSPS) is 13.5. The Balaban J connectivity index is 1.53. The molecular formula is C32H40F2N2O3. The lowest BCUT2D eigenvalue weighted by Gasteiger charge is -2.18. The van der Waals surface area contributed by atoms with E-state index in [0.29, 0.717) is 30.2 Å². The molecule has 0 N–H and O–H groups in total. The molecule has 1 aromatic heterocycles. The Hall–Kier alpha value is -3.35. The number of carbonyl (C=O) groups excluding carboxylic acids is 1. The lowest BCUT2D eigenvalue weighted by Crippen LogP contribution is -2.34. The van der Waals surface area contributed by atoms with Crippen LogP contribution in [0.3, 0.4) is 0 Å². The Kier molecular flexibility index (Phi) is 11.8. The van der Waals surface area contributed by atoms with Gasteiger partial charge in [-0.1, -0.05) is 64.5 Å². The third-order valence-corrected chi connectivity index (χ3v) is 6.64. The molecule has 39 heavy (non-hydrogen) atoms. The topological polar surface area (TPSA) is 61.3 Å². The van der Waals surface area contributed by atoms with Crippen molar-refractivity contribution < 1.29 is 23.0 Å². The van der Waals surface area contributed by atoms with Crippen LogP contribution in [0, 0.1) is 0 Å². The van der Waals surface area contributed by atoms with Crippen LogP contribution in [0.2, 0.25) is 0 Å². The number of halogens is 2. The van der Waals surface area contributed by atoms with E-state index in [1.54, 1.807) is 48.8 Å². The minimum atomic E-state index is -2.01. The summed E-state index contributed by atoms with van der Waals surface area (Å²) in [6.07, 6.45) is 9.82. The number of ether oxygens (including phenoxy) is 2. The van der Waals surface area contributed by atoms with Gasteiger partial charge in [0.25, 0.3) is 0 Å². The van der Waals surface area contributed by atoms with Crippen molar-refractivity contribution in [1.82, 2.24) is 9.97 Å². The maximum Gasteiger partial charge on any atom is 0.348 e. The van der Waals surface area contributed by atoms with E-state index in [-0.39, 0.29) is 13.0 Å². The fraction of sp³-hybridized carbons (Fsp3) is 0.469. The lowest BCUT2D eigenvalue weighted by atomic mass is 9.99. The molecule has 0 radical (unpaired) electrons. The first-order valence-electron chi connectivity index (χ1n) is 14.0. The first-order valence-corrected chi connectivity index (χ1v) is 14.0. The van der Waals surface area contributed by atoms with Crippen LogP contribution in [0.15, 0.2) is 60.9 Å². The number of hydrogen-bond donors (Lipinski definition) is 0. The van der Waals surface area contributed by atoms with Crippen molar-refractivity contribution in [2.45, 2.75) is 90.4 Å². The summed E-state index contributed by atoms with van der Waals surface area (Å²) in [7, 11) is 0. The molecule has 0 bridgehead atoms. The molecular weight excluding hydrogens is 498 g/mol. The fourth-order valence-corrected chi connectivity index (χ4v) is 4.11. The van der Waals surface area contributed by atoms with Crippen LogP contribution in [0.5, 0.6) is 11.5 Å². The molecule has 0 aliphatic rings. The van der Waals surface area contributed by atoms with Crippen LogP contribution in [0.1, 0.15) is 78.6 Å². The smallest absolute Gasteiger partial charge is 0.348 e. The van der Waals surface area contributed by atoms with E-state index in [4.69, 9.17) is 9.47 Å². The zero-order chi connectivity index (χ0) is 28.1. The summed E-state index contributed by atoms with van der Waals surface area (Å²) < 4.78 is 39.5. The summed E-state index contributed by atoms with van der Waals surface area (Å²) in [5.41, 5.74) is 0.440. The van der Waals surface area contributed by atoms with Gasteiger partial charge in [-0.3, -0.25) is 0 Å². The molecule has 2 aromatic carbocycles. The molecule has 7 heteroatoms. The Morgan fingerprint density at radius 1 is 0.821 bits per heavy atom. The maximum atomic E-state index is 14.8. The van der Waals surface area contributed by atoms with Gasteiger partial charge in [0.2, 0.25) is 5.67 Å². The summed E-state index contributed by atoms with van der Waals surface area (Å²) in [6, 6.07) is 14.1. The molecule has 2 atom stereocenters. The molecule has 0 aliphatic heterocycles. The summed E-state index contributed by atoms with van der Waals surface area (Å²) in [5, 5.41) is 0. The number of rotatable bonds is 16. The van der Waals surface area contributed by atoms with Gasteiger partial charge in [-0.25, -0.2) is 23.5 Å². The number of aromatic nitrogens is 2. The highest BCUT2D eigenvalue weighted by molar-refractivity contribution is 5.81. The Morgan fingerprint density at radius 2 is 1.41 bits per heavy atom. The highest BCUT2D eigenvalue weighted by Crippen LogP contribution is 2.27. The fourth-order valence-electron chi connectivity index (χ4n) is 4.11. The lowest BCUT2D eigenvalue weighted by molar-refractivity contribution is -0.147. The van der Waals surface area contributed by atoms with Gasteiger partial charge in [-0.05, 0) is 68.1 Å². The van der Waals surface area contributed by atoms with Crippen LogP contribution >= 0.6 is 0 Å². The predicted molar refractivity (Wildman–Crippen MR) is 151 cm³/mol. The van der Waals surface area contributed by atoms with Gasteiger partial charge in [0, 0.05) is 23.5 Å². The van der Waals surface area contributed by atoms with Gasteiger partial charge >= 0.3 is 5.97 Å². The summed E-state index contributed by atoms with van der Waals surface area (Å²) in [4.78, 5) is 21.3.